The third-order valence-corrected chi connectivity index (χ3v) is 0.665. The fourth-order valence-electron chi connectivity index (χ4n) is 0.170. The van der Waals surface area contributed by atoms with Crippen molar-refractivity contribution < 1.29 is 14.6 Å². The van der Waals surface area contributed by atoms with Crippen LogP contribution in [0.4, 0.5) is 0 Å². The first-order chi connectivity index (χ1) is 4.31. The Morgan fingerprint density at radius 1 is 1.78 bits per heavy atom. The number of alkyl halides is 1. The van der Waals surface area contributed by atoms with Crippen LogP contribution in [-0.2, 0) is 14.6 Å². The largest absolute Gasteiger partial charge is 0.356 e. The van der Waals surface area contributed by atoms with Crippen molar-refractivity contribution in [2.75, 3.05) is 12.5 Å². The minimum absolute atomic E-state index is 0.183. The number of halogens is 1. The molecule has 0 radical (unpaired) electrons. The maximum Gasteiger partial charge on any atom is 0.356 e. The Labute approximate surface area is 58.1 Å². The molecule has 0 spiro atoms. The number of carbonyl (C=O) groups is 1. The molecule has 0 saturated heterocycles. The highest BCUT2D eigenvalue weighted by atomic mass is 35.5. The quantitative estimate of drug-likeness (QED) is 0.196. The lowest BCUT2D eigenvalue weighted by atomic mass is 10.7. The molecule has 3 nitrogen and oxygen atoms in total. The van der Waals surface area contributed by atoms with E-state index in [4.69, 9.17) is 11.6 Å². The van der Waals surface area contributed by atoms with E-state index >= 15 is 0 Å². The van der Waals surface area contributed by atoms with E-state index in [1.807, 2.05) is 0 Å². The van der Waals surface area contributed by atoms with Crippen LogP contribution in [0.3, 0.4) is 0 Å². The Balaban J connectivity index is 3.06. The van der Waals surface area contributed by atoms with Gasteiger partial charge in [0.1, 0.15) is 12.5 Å². The molecule has 0 atom stereocenters. The zero-order valence-corrected chi connectivity index (χ0v) is 5.56. The van der Waals surface area contributed by atoms with Crippen LogP contribution < -0.4 is 0 Å². The molecule has 4 heteroatoms. The van der Waals surface area contributed by atoms with E-state index in [9.17, 15) is 4.79 Å². The Morgan fingerprint density at radius 2 is 2.44 bits per heavy atom. The van der Waals surface area contributed by atoms with Crippen molar-refractivity contribution in [3.63, 3.8) is 0 Å². The summed E-state index contributed by atoms with van der Waals surface area (Å²) in [5.41, 5.74) is 0. The Hall–Kier alpha value is -0.540. The van der Waals surface area contributed by atoms with E-state index in [2.05, 4.69) is 16.4 Å². The minimum atomic E-state index is -0.599. The molecule has 0 aromatic heterocycles. The van der Waals surface area contributed by atoms with Gasteiger partial charge < -0.3 is 0 Å². The summed E-state index contributed by atoms with van der Waals surface area (Å²) in [7, 11) is 0. The molecule has 0 bridgehead atoms. The molecule has 0 N–H and O–H groups in total. The first-order valence-electron chi connectivity index (χ1n) is 2.30. The van der Waals surface area contributed by atoms with Crippen molar-refractivity contribution in [1.29, 1.82) is 0 Å². The minimum Gasteiger partial charge on any atom is -0.297 e. The van der Waals surface area contributed by atoms with Crippen LogP contribution in [0.5, 0.6) is 0 Å². The van der Waals surface area contributed by atoms with E-state index < -0.39 is 5.97 Å². The van der Waals surface area contributed by atoms with Gasteiger partial charge in [-0.15, -0.1) is 18.2 Å². The van der Waals surface area contributed by atoms with Gasteiger partial charge in [0.05, 0.1) is 0 Å². The van der Waals surface area contributed by atoms with Crippen molar-refractivity contribution in [2.45, 2.75) is 0 Å². The van der Waals surface area contributed by atoms with E-state index in [1.165, 1.54) is 6.08 Å². The van der Waals surface area contributed by atoms with E-state index in [0.29, 0.717) is 0 Å². The highest BCUT2D eigenvalue weighted by Gasteiger charge is 1.97. The summed E-state index contributed by atoms with van der Waals surface area (Å²) in [5.74, 6) is -0.796. The first kappa shape index (κ1) is 8.46. The number of hydrogen-bond acceptors (Lipinski definition) is 3. The summed E-state index contributed by atoms with van der Waals surface area (Å²) in [5, 5.41) is 0. The predicted octanol–water partition coefficient (Wildman–Crippen LogP) is 0.886. The SMILES string of the molecule is C=CCOOC(=O)CCl. The average Bonchev–Trinajstić information content (AvgIpc) is 1.89. The third kappa shape index (κ3) is 5.33. The van der Waals surface area contributed by atoms with Gasteiger partial charge in [-0.25, -0.2) is 4.79 Å². The molecule has 0 aliphatic rings. The lowest BCUT2D eigenvalue weighted by Crippen LogP contribution is -2.06. The van der Waals surface area contributed by atoms with E-state index in [0.717, 1.165) is 0 Å². The van der Waals surface area contributed by atoms with Crippen LogP contribution in [0.15, 0.2) is 12.7 Å². The van der Waals surface area contributed by atoms with Gasteiger partial charge in [-0.3, -0.25) is 4.89 Å². The summed E-state index contributed by atoms with van der Waals surface area (Å²) in [6.07, 6.45) is 1.46. The Morgan fingerprint density at radius 3 is 2.89 bits per heavy atom. The van der Waals surface area contributed by atoms with Gasteiger partial charge in [0.25, 0.3) is 0 Å². The second-order valence-corrected chi connectivity index (χ2v) is 1.43. The van der Waals surface area contributed by atoms with Gasteiger partial charge in [-0.2, -0.15) is 4.89 Å². The molecule has 0 unspecified atom stereocenters. The van der Waals surface area contributed by atoms with Crippen LogP contribution in [0.2, 0.25) is 0 Å². The van der Waals surface area contributed by atoms with Crippen molar-refractivity contribution in [3.8, 4) is 0 Å². The molecule has 0 saturated carbocycles. The molecule has 0 aromatic carbocycles. The second kappa shape index (κ2) is 5.59. The molecule has 52 valence electrons. The molecule has 9 heavy (non-hydrogen) atoms. The van der Waals surface area contributed by atoms with Crippen LogP contribution >= 0.6 is 11.6 Å². The lowest BCUT2D eigenvalue weighted by Gasteiger charge is -1.95. The summed E-state index contributed by atoms with van der Waals surface area (Å²) in [6, 6.07) is 0. The zero-order chi connectivity index (χ0) is 7.11. The fraction of sp³-hybridized carbons (Fsp3) is 0.400. The van der Waals surface area contributed by atoms with Gasteiger partial charge in [-0.05, 0) is 0 Å². The lowest BCUT2D eigenvalue weighted by molar-refractivity contribution is -0.262. The van der Waals surface area contributed by atoms with Crippen molar-refractivity contribution in [3.05, 3.63) is 12.7 Å². The molecule has 0 rings (SSSR count). The summed E-state index contributed by atoms with van der Waals surface area (Å²) < 4.78 is 0. The van der Waals surface area contributed by atoms with Crippen molar-refractivity contribution in [1.82, 2.24) is 0 Å². The maximum absolute atomic E-state index is 10.2. The third-order valence-electron chi connectivity index (χ3n) is 0.447. The number of rotatable bonds is 4. The van der Waals surface area contributed by atoms with Crippen LogP contribution in [0.25, 0.3) is 0 Å². The van der Waals surface area contributed by atoms with Crippen LogP contribution in [-0.4, -0.2) is 18.5 Å². The first-order valence-corrected chi connectivity index (χ1v) is 2.84. The molecule has 0 aliphatic carbocycles. The molecular weight excluding hydrogens is 144 g/mol. The predicted molar refractivity (Wildman–Crippen MR) is 33.0 cm³/mol. The zero-order valence-electron chi connectivity index (χ0n) is 4.80. The van der Waals surface area contributed by atoms with E-state index in [1.54, 1.807) is 0 Å². The monoisotopic (exact) mass is 150 g/mol. The van der Waals surface area contributed by atoms with Gasteiger partial charge >= 0.3 is 5.97 Å². The smallest absolute Gasteiger partial charge is 0.297 e. The molecule has 0 fully saturated rings. The summed E-state index contributed by atoms with van der Waals surface area (Å²) in [6.45, 7) is 3.52. The number of carbonyl (C=O) groups excluding carboxylic acids is 1. The topological polar surface area (TPSA) is 35.5 Å². The van der Waals surface area contributed by atoms with Crippen molar-refractivity contribution in [2.24, 2.45) is 0 Å². The Kier molecular flexibility index (Phi) is 5.26. The molecular formula is C5H7ClO3. The molecule has 0 aliphatic heterocycles. The van der Waals surface area contributed by atoms with Gasteiger partial charge in [-0.1, -0.05) is 6.08 Å². The van der Waals surface area contributed by atoms with Gasteiger partial charge in [0.2, 0.25) is 0 Å². The fourth-order valence-corrected chi connectivity index (χ4v) is 0.215. The molecule has 0 amide bonds. The highest BCUT2D eigenvalue weighted by Crippen LogP contribution is 1.83. The second-order valence-electron chi connectivity index (χ2n) is 1.16. The van der Waals surface area contributed by atoms with Gasteiger partial charge in [0.15, 0.2) is 0 Å². The normalized spacial score (nSPS) is 8.56. The van der Waals surface area contributed by atoms with Gasteiger partial charge in [0, 0.05) is 0 Å². The van der Waals surface area contributed by atoms with E-state index in [-0.39, 0.29) is 12.5 Å². The summed E-state index contributed by atoms with van der Waals surface area (Å²) in [4.78, 5) is 18.5. The van der Waals surface area contributed by atoms with Crippen molar-refractivity contribution >= 4 is 17.6 Å². The van der Waals surface area contributed by atoms with Crippen LogP contribution in [0, 0.1) is 0 Å². The standard InChI is InChI=1S/C5H7ClO3/c1-2-3-8-9-5(7)4-6/h2H,1,3-4H2. The average molecular weight is 151 g/mol. The number of hydrogen-bond donors (Lipinski definition) is 0. The molecule has 0 heterocycles. The Bertz CT molecular complexity index is 102. The van der Waals surface area contributed by atoms with Crippen LogP contribution in [0.1, 0.15) is 0 Å². The summed E-state index contributed by atoms with van der Waals surface area (Å²) >= 11 is 5.05. The molecule has 0 aromatic rings. The maximum atomic E-state index is 10.2. The highest BCUT2D eigenvalue weighted by molar-refractivity contribution is 6.26.